The SMILES string of the molecule is C=C(NC)SCc1cccc2ccccc12. The summed E-state index contributed by atoms with van der Waals surface area (Å²) in [6, 6.07) is 14.9. The molecule has 0 amide bonds. The Hall–Kier alpha value is -1.41. The first kappa shape index (κ1) is 11.1. The van der Waals surface area contributed by atoms with Gasteiger partial charge in [0.05, 0.1) is 5.03 Å². The van der Waals surface area contributed by atoms with E-state index in [1.807, 2.05) is 7.05 Å². The number of hydrogen-bond donors (Lipinski definition) is 1. The van der Waals surface area contributed by atoms with Crippen molar-refractivity contribution in [2.45, 2.75) is 5.75 Å². The van der Waals surface area contributed by atoms with E-state index in [0.717, 1.165) is 10.8 Å². The molecule has 0 aliphatic carbocycles. The molecule has 0 heterocycles. The van der Waals surface area contributed by atoms with E-state index in [-0.39, 0.29) is 0 Å². The molecule has 2 heteroatoms. The van der Waals surface area contributed by atoms with Crippen LogP contribution in [-0.4, -0.2) is 7.05 Å². The molecule has 0 saturated heterocycles. The van der Waals surface area contributed by atoms with Crippen molar-refractivity contribution in [3.05, 3.63) is 59.6 Å². The fourth-order valence-corrected chi connectivity index (χ4v) is 2.38. The zero-order valence-corrected chi connectivity index (χ0v) is 10.2. The molecule has 2 aromatic carbocycles. The summed E-state index contributed by atoms with van der Waals surface area (Å²) in [5.74, 6) is 0.959. The normalized spacial score (nSPS) is 10.3. The van der Waals surface area contributed by atoms with Crippen molar-refractivity contribution in [2.75, 3.05) is 7.05 Å². The van der Waals surface area contributed by atoms with Gasteiger partial charge < -0.3 is 5.32 Å². The number of hydrogen-bond acceptors (Lipinski definition) is 2. The smallest absolute Gasteiger partial charge is 0.0608 e. The third kappa shape index (κ3) is 2.39. The molecule has 0 aromatic heterocycles. The van der Waals surface area contributed by atoms with Crippen LogP contribution in [0.25, 0.3) is 10.8 Å². The minimum Gasteiger partial charge on any atom is -0.383 e. The first-order chi connectivity index (χ1) is 7.81. The van der Waals surface area contributed by atoms with Gasteiger partial charge in [0.15, 0.2) is 0 Å². The Kier molecular flexibility index (Phi) is 3.52. The van der Waals surface area contributed by atoms with Gasteiger partial charge >= 0.3 is 0 Å². The predicted molar refractivity (Wildman–Crippen MR) is 73.4 cm³/mol. The molecule has 2 aromatic rings. The van der Waals surface area contributed by atoms with Gasteiger partial charge in [0, 0.05) is 12.8 Å². The van der Waals surface area contributed by atoms with Crippen LogP contribution in [0.1, 0.15) is 5.56 Å². The molecule has 0 bridgehead atoms. The second kappa shape index (κ2) is 5.08. The molecule has 0 unspecified atom stereocenters. The predicted octanol–water partition coefficient (Wildman–Crippen LogP) is 3.76. The van der Waals surface area contributed by atoms with Crippen molar-refractivity contribution in [1.82, 2.24) is 5.32 Å². The highest BCUT2D eigenvalue weighted by Crippen LogP contribution is 2.24. The molecule has 0 aliphatic rings. The Morgan fingerprint density at radius 2 is 1.94 bits per heavy atom. The Morgan fingerprint density at radius 3 is 2.75 bits per heavy atom. The number of rotatable bonds is 4. The highest BCUT2D eigenvalue weighted by molar-refractivity contribution is 8.02. The Balaban J connectivity index is 2.27. The van der Waals surface area contributed by atoms with Gasteiger partial charge in [-0.15, -0.1) is 11.8 Å². The lowest BCUT2D eigenvalue weighted by molar-refractivity contribution is 1.08. The summed E-state index contributed by atoms with van der Waals surface area (Å²) in [7, 11) is 1.90. The largest absolute Gasteiger partial charge is 0.383 e. The van der Waals surface area contributed by atoms with Gasteiger partial charge in [-0.25, -0.2) is 0 Å². The Bertz CT molecular complexity index is 500. The molecular weight excluding hydrogens is 214 g/mol. The van der Waals surface area contributed by atoms with E-state index in [1.54, 1.807) is 11.8 Å². The monoisotopic (exact) mass is 229 g/mol. The molecular formula is C14H15NS. The highest BCUT2D eigenvalue weighted by Gasteiger charge is 2.00. The number of fused-ring (bicyclic) bond motifs is 1. The summed E-state index contributed by atoms with van der Waals surface area (Å²) >= 11 is 1.74. The molecule has 1 N–H and O–H groups in total. The van der Waals surface area contributed by atoms with Gasteiger partial charge in [0.2, 0.25) is 0 Å². The minimum atomic E-state index is 0.959. The van der Waals surface area contributed by atoms with Crippen molar-refractivity contribution < 1.29 is 0 Å². The van der Waals surface area contributed by atoms with E-state index < -0.39 is 0 Å². The molecule has 82 valence electrons. The van der Waals surface area contributed by atoms with Crippen molar-refractivity contribution >= 4 is 22.5 Å². The van der Waals surface area contributed by atoms with Crippen LogP contribution in [-0.2, 0) is 5.75 Å². The molecule has 1 nitrogen and oxygen atoms in total. The maximum atomic E-state index is 3.92. The molecule has 2 rings (SSSR count). The first-order valence-electron chi connectivity index (χ1n) is 5.27. The molecule has 0 atom stereocenters. The van der Waals surface area contributed by atoms with E-state index in [1.165, 1.54) is 16.3 Å². The standard InChI is InChI=1S/C14H15NS/c1-11(15-2)16-10-13-8-5-7-12-6-3-4-9-14(12)13/h3-9,15H,1,10H2,2H3. The minimum absolute atomic E-state index is 0.959. The van der Waals surface area contributed by atoms with Crippen molar-refractivity contribution in [2.24, 2.45) is 0 Å². The second-order valence-electron chi connectivity index (χ2n) is 3.60. The maximum absolute atomic E-state index is 3.92. The lowest BCUT2D eigenvalue weighted by Gasteiger charge is -2.07. The number of nitrogens with one attached hydrogen (secondary N) is 1. The van der Waals surface area contributed by atoms with Crippen LogP contribution >= 0.6 is 11.8 Å². The zero-order valence-electron chi connectivity index (χ0n) is 9.36. The summed E-state index contributed by atoms with van der Waals surface area (Å²) in [6.45, 7) is 3.92. The summed E-state index contributed by atoms with van der Waals surface area (Å²) in [5.41, 5.74) is 1.36. The fourth-order valence-electron chi connectivity index (χ4n) is 1.66. The van der Waals surface area contributed by atoms with E-state index >= 15 is 0 Å². The molecule has 0 saturated carbocycles. The first-order valence-corrected chi connectivity index (χ1v) is 6.26. The topological polar surface area (TPSA) is 12.0 Å². The van der Waals surface area contributed by atoms with Crippen LogP contribution in [0.15, 0.2) is 54.1 Å². The summed E-state index contributed by atoms with van der Waals surface area (Å²) in [4.78, 5) is 0. The van der Waals surface area contributed by atoms with Crippen LogP contribution in [0.5, 0.6) is 0 Å². The van der Waals surface area contributed by atoms with Crippen LogP contribution in [0.2, 0.25) is 0 Å². The molecule has 0 fully saturated rings. The van der Waals surface area contributed by atoms with Crippen LogP contribution in [0, 0.1) is 0 Å². The third-order valence-corrected chi connectivity index (χ3v) is 3.57. The molecule has 0 radical (unpaired) electrons. The highest BCUT2D eigenvalue weighted by atomic mass is 32.2. The second-order valence-corrected chi connectivity index (χ2v) is 4.67. The molecule has 0 aliphatic heterocycles. The summed E-state index contributed by atoms with van der Waals surface area (Å²) in [5, 5.41) is 6.70. The third-order valence-electron chi connectivity index (χ3n) is 2.56. The zero-order chi connectivity index (χ0) is 11.4. The van der Waals surface area contributed by atoms with Crippen LogP contribution < -0.4 is 5.32 Å². The van der Waals surface area contributed by atoms with E-state index in [2.05, 4.69) is 54.4 Å². The van der Waals surface area contributed by atoms with Gasteiger partial charge in [0.25, 0.3) is 0 Å². The van der Waals surface area contributed by atoms with E-state index in [4.69, 9.17) is 0 Å². The van der Waals surface area contributed by atoms with Crippen molar-refractivity contribution in [3.63, 3.8) is 0 Å². The van der Waals surface area contributed by atoms with Gasteiger partial charge in [0.1, 0.15) is 0 Å². The lowest BCUT2D eigenvalue weighted by Crippen LogP contribution is -2.00. The van der Waals surface area contributed by atoms with Crippen LogP contribution in [0.4, 0.5) is 0 Å². The average molecular weight is 229 g/mol. The summed E-state index contributed by atoms with van der Waals surface area (Å²) < 4.78 is 0. The maximum Gasteiger partial charge on any atom is 0.0608 e. The van der Waals surface area contributed by atoms with Crippen molar-refractivity contribution in [1.29, 1.82) is 0 Å². The van der Waals surface area contributed by atoms with E-state index in [0.29, 0.717) is 0 Å². The quantitative estimate of drug-likeness (QED) is 0.856. The van der Waals surface area contributed by atoms with Crippen LogP contribution in [0.3, 0.4) is 0 Å². The average Bonchev–Trinajstić information content (AvgIpc) is 2.35. The summed E-state index contributed by atoms with van der Waals surface area (Å²) in [6.07, 6.45) is 0. The molecule has 16 heavy (non-hydrogen) atoms. The van der Waals surface area contributed by atoms with Crippen molar-refractivity contribution in [3.8, 4) is 0 Å². The van der Waals surface area contributed by atoms with E-state index in [9.17, 15) is 0 Å². The fraction of sp³-hybridized carbons (Fsp3) is 0.143. The Labute approximate surface area is 101 Å². The van der Waals surface area contributed by atoms with Gasteiger partial charge in [-0.2, -0.15) is 0 Å². The number of benzene rings is 2. The lowest BCUT2D eigenvalue weighted by atomic mass is 10.1. The van der Waals surface area contributed by atoms with Gasteiger partial charge in [-0.05, 0) is 16.3 Å². The van der Waals surface area contributed by atoms with Gasteiger partial charge in [-0.3, -0.25) is 0 Å². The van der Waals surface area contributed by atoms with Gasteiger partial charge in [-0.1, -0.05) is 49.0 Å². The number of thioether (sulfide) groups is 1. The molecule has 0 spiro atoms. The Morgan fingerprint density at radius 1 is 1.19 bits per heavy atom.